The van der Waals surface area contributed by atoms with Gasteiger partial charge in [-0.15, -0.1) is 11.6 Å². The van der Waals surface area contributed by atoms with Gasteiger partial charge in [-0.2, -0.15) is 0 Å². The van der Waals surface area contributed by atoms with Crippen LogP contribution in [-0.2, 0) is 6.42 Å². The van der Waals surface area contributed by atoms with Crippen LogP contribution in [0.15, 0.2) is 30.3 Å². The minimum Gasteiger partial charge on any atom is -0.390 e. The van der Waals surface area contributed by atoms with Crippen molar-refractivity contribution in [3.05, 3.63) is 35.9 Å². The molecule has 1 aromatic rings. The Morgan fingerprint density at radius 2 is 1.92 bits per heavy atom. The molecule has 13 heavy (non-hydrogen) atoms. The van der Waals surface area contributed by atoms with Gasteiger partial charge in [-0.1, -0.05) is 30.3 Å². The van der Waals surface area contributed by atoms with Crippen LogP contribution in [0, 0.1) is 0 Å². The maximum Gasteiger partial charge on any atom is 0.0829 e. The third kappa shape index (κ3) is 3.35. The average molecular weight is 200 g/mol. The van der Waals surface area contributed by atoms with Gasteiger partial charge in [0.15, 0.2) is 0 Å². The molecule has 3 heteroatoms. The molecule has 0 radical (unpaired) electrons. The van der Waals surface area contributed by atoms with Gasteiger partial charge in [-0.25, -0.2) is 0 Å². The Bertz CT molecular complexity index is 240. The van der Waals surface area contributed by atoms with E-state index in [9.17, 15) is 5.11 Å². The average Bonchev–Trinajstić information content (AvgIpc) is 2.18. The Morgan fingerprint density at radius 1 is 1.31 bits per heavy atom. The Labute approximate surface area is 83.3 Å². The fourth-order valence-electron chi connectivity index (χ4n) is 1.14. The normalized spacial score (nSPS) is 15.3. The molecule has 0 heterocycles. The number of hydrogen-bond acceptors (Lipinski definition) is 2. The van der Waals surface area contributed by atoms with Crippen molar-refractivity contribution in [2.75, 3.05) is 5.88 Å². The molecule has 0 saturated carbocycles. The first-order valence-electron chi connectivity index (χ1n) is 4.27. The molecule has 0 aliphatic rings. The van der Waals surface area contributed by atoms with E-state index in [4.69, 9.17) is 17.3 Å². The second kappa shape index (κ2) is 5.22. The lowest BCUT2D eigenvalue weighted by Gasteiger charge is -2.15. The zero-order valence-corrected chi connectivity index (χ0v) is 8.11. The van der Waals surface area contributed by atoms with E-state index in [1.165, 1.54) is 0 Å². The summed E-state index contributed by atoms with van der Waals surface area (Å²) < 4.78 is 0. The molecule has 0 bridgehead atoms. The molecular formula is C10H14ClNO. The molecule has 2 nitrogen and oxygen atoms in total. The van der Waals surface area contributed by atoms with Gasteiger partial charge in [0, 0.05) is 11.9 Å². The monoisotopic (exact) mass is 199 g/mol. The minimum absolute atomic E-state index is 0.188. The fraction of sp³-hybridized carbons (Fsp3) is 0.400. The van der Waals surface area contributed by atoms with Crippen molar-refractivity contribution in [1.82, 2.24) is 0 Å². The molecule has 0 fully saturated rings. The zero-order chi connectivity index (χ0) is 9.68. The molecule has 0 spiro atoms. The van der Waals surface area contributed by atoms with Gasteiger partial charge in [0.2, 0.25) is 0 Å². The van der Waals surface area contributed by atoms with Crippen LogP contribution in [0.4, 0.5) is 0 Å². The second-order valence-electron chi connectivity index (χ2n) is 3.08. The van der Waals surface area contributed by atoms with Crippen molar-refractivity contribution in [3.8, 4) is 0 Å². The van der Waals surface area contributed by atoms with E-state index in [1.807, 2.05) is 30.3 Å². The number of aliphatic hydroxyl groups excluding tert-OH is 1. The van der Waals surface area contributed by atoms with Gasteiger partial charge in [0.05, 0.1) is 6.10 Å². The molecule has 3 N–H and O–H groups in total. The van der Waals surface area contributed by atoms with Gasteiger partial charge in [-0.05, 0) is 12.0 Å². The smallest absolute Gasteiger partial charge is 0.0829 e. The number of benzene rings is 1. The maximum atomic E-state index is 9.33. The highest BCUT2D eigenvalue weighted by Gasteiger charge is 2.13. The maximum absolute atomic E-state index is 9.33. The van der Waals surface area contributed by atoms with Gasteiger partial charge < -0.3 is 10.8 Å². The van der Waals surface area contributed by atoms with Crippen LogP contribution in [0.1, 0.15) is 5.56 Å². The number of aliphatic hydroxyl groups is 1. The summed E-state index contributed by atoms with van der Waals surface area (Å²) in [6, 6.07) is 9.55. The minimum atomic E-state index is -0.623. The summed E-state index contributed by atoms with van der Waals surface area (Å²) >= 11 is 5.48. The lowest BCUT2D eigenvalue weighted by atomic mass is 10.0. The summed E-state index contributed by atoms with van der Waals surface area (Å²) in [6.45, 7) is 0. The molecule has 2 atom stereocenters. The molecule has 72 valence electrons. The van der Waals surface area contributed by atoms with E-state index in [-0.39, 0.29) is 11.9 Å². The standard InChI is InChI=1S/C10H14ClNO/c11-7-10(13)9(12)6-8-4-2-1-3-5-8/h1-5,9-10,13H,6-7,12H2. The second-order valence-corrected chi connectivity index (χ2v) is 3.38. The number of halogens is 1. The lowest BCUT2D eigenvalue weighted by molar-refractivity contribution is 0.166. The van der Waals surface area contributed by atoms with Gasteiger partial charge >= 0.3 is 0 Å². The van der Waals surface area contributed by atoms with Crippen molar-refractivity contribution < 1.29 is 5.11 Å². The van der Waals surface area contributed by atoms with E-state index in [1.54, 1.807) is 0 Å². The van der Waals surface area contributed by atoms with Crippen molar-refractivity contribution in [2.24, 2.45) is 5.73 Å². The summed E-state index contributed by atoms with van der Waals surface area (Å²) in [7, 11) is 0. The molecule has 0 amide bonds. The molecule has 1 aromatic carbocycles. The molecule has 2 unspecified atom stereocenters. The summed E-state index contributed by atoms with van der Waals surface area (Å²) in [5.41, 5.74) is 6.85. The van der Waals surface area contributed by atoms with Crippen molar-refractivity contribution in [3.63, 3.8) is 0 Å². The first-order valence-corrected chi connectivity index (χ1v) is 4.81. The van der Waals surface area contributed by atoms with Gasteiger partial charge in [0.1, 0.15) is 0 Å². The molecule has 0 saturated heterocycles. The summed E-state index contributed by atoms with van der Waals surface area (Å²) in [5, 5.41) is 9.33. The van der Waals surface area contributed by atoms with Gasteiger partial charge in [-0.3, -0.25) is 0 Å². The van der Waals surface area contributed by atoms with E-state index >= 15 is 0 Å². The SMILES string of the molecule is NC(Cc1ccccc1)C(O)CCl. The molecule has 0 aliphatic carbocycles. The fourth-order valence-corrected chi connectivity index (χ4v) is 1.37. The molecular weight excluding hydrogens is 186 g/mol. The third-order valence-corrected chi connectivity index (χ3v) is 2.28. The van der Waals surface area contributed by atoms with E-state index in [0.717, 1.165) is 5.56 Å². The number of alkyl halides is 1. The van der Waals surface area contributed by atoms with Crippen molar-refractivity contribution in [2.45, 2.75) is 18.6 Å². The summed E-state index contributed by atoms with van der Waals surface area (Å²) in [6.07, 6.45) is 0.0382. The third-order valence-electron chi connectivity index (χ3n) is 1.97. The Balaban J connectivity index is 2.50. The van der Waals surface area contributed by atoms with E-state index in [2.05, 4.69) is 0 Å². The largest absolute Gasteiger partial charge is 0.390 e. The Morgan fingerprint density at radius 3 is 2.46 bits per heavy atom. The van der Waals surface area contributed by atoms with Crippen LogP contribution in [0.5, 0.6) is 0 Å². The number of rotatable bonds is 4. The molecule has 0 aliphatic heterocycles. The van der Waals surface area contributed by atoms with Crippen LogP contribution >= 0.6 is 11.6 Å². The molecule has 1 rings (SSSR count). The summed E-state index contributed by atoms with van der Waals surface area (Å²) in [5.74, 6) is 0.188. The Hall–Kier alpha value is -0.570. The highest BCUT2D eigenvalue weighted by atomic mass is 35.5. The highest BCUT2D eigenvalue weighted by Crippen LogP contribution is 2.05. The lowest BCUT2D eigenvalue weighted by Crippen LogP contribution is -2.37. The predicted molar refractivity (Wildman–Crippen MR) is 54.8 cm³/mol. The van der Waals surface area contributed by atoms with Crippen molar-refractivity contribution in [1.29, 1.82) is 0 Å². The highest BCUT2D eigenvalue weighted by molar-refractivity contribution is 6.18. The van der Waals surface area contributed by atoms with Crippen LogP contribution in [-0.4, -0.2) is 23.1 Å². The Kier molecular flexibility index (Phi) is 4.22. The quantitative estimate of drug-likeness (QED) is 0.715. The topological polar surface area (TPSA) is 46.2 Å². The molecule has 0 aromatic heterocycles. The first kappa shape index (κ1) is 10.5. The summed E-state index contributed by atoms with van der Waals surface area (Å²) in [4.78, 5) is 0. The van der Waals surface area contributed by atoms with E-state index in [0.29, 0.717) is 6.42 Å². The first-order chi connectivity index (χ1) is 6.24. The van der Waals surface area contributed by atoms with E-state index < -0.39 is 6.10 Å². The zero-order valence-electron chi connectivity index (χ0n) is 7.36. The van der Waals surface area contributed by atoms with Crippen LogP contribution < -0.4 is 5.73 Å². The van der Waals surface area contributed by atoms with Crippen LogP contribution in [0.3, 0.4) is 0 Å². The van der Waals surface area contributed by atoms with Gasteiger partial charge in [0.25, 0.3) is 0 Å². The van der Waals surface area contributed by atoms with Crippen LogP contribution in [0.2, 0.25) is 0 Å². The number of hydrogen-bond donors (Lipinski definition) is 2. The van der Waals surface area contributed by atoms with Crippen molar-refractivity contribution >= 4 is 11.6 Å². The number of nitrogens with two attached hydrogens (primary N) is 1. The van der Waals surface area contributed by atoms with Crippen LogP contribution in [0.25, 0.3) is 0 Å². The predicted octanol–water partition coefficient (Wildman–Crippen LogP) is 1.16.